The van der Waals surface area contributed by atoms with Crippen LogP contribution in [0.4, 0.5) is 13.2 Å². The Kier molecular flexibility index (Phi) is 4.01. The van der Waals surface area contributed by atoms with Gasteiger partial charge in [0.15, 0.2) is 5.60 Å². The standard InChI is InChI=1S/C17H23F3O2/c1-10(2)12-7-6-11-8-16(21,17(18,19)20)9-15(3,4)13(11)14(12)22-5/h6-7,10,21H,8-9H2,1-5H3. The molecule has 0 amide bonds. The highest BCUT2D eigenvalue weighted by Crippen LogP contribution is 2.52. The SMILES string of the molecule is COc1c(C(C)C)ccc2c1C(C)(C)CC(O)(C(F)(F)F)C2. The number of ether oxygens (including phenoxy) is 1. The number of rotatable bonds is 2. The van der Waals surface area contributed by atoms with Crippen LogP contribution < -0.4 is 4.74 Å². The van der Waals surface area contributed by atoms with Crippen molar-refractivity contribution in [3.8, 4) is 5.75 Å². The average Bonchev–Trinajstić information content (AvgIpc) is 2.34. The van der Waals surface area contributed by atoms with E-state index < -0.39 is 23.6 Å². The van der Waals surface area contributed by atoms with Crippen LogP contribution in [0.2, 0.25) is 0 Å². The molecule has 1 unspecified atom stereocenters. The lowest BCUT2D eigenvalue weighted by Crippen LogP contribution is -2.53. The Labute approximate surface area is 129 Å². The van der Waals surface area contributed by atoms with E-state index >= 15 is 0 Å². The van der Waals surface area contributed by atoms with Gasteiger partial charge in [0.25, 0.3) is 0 Å². The Balaban J connectivity index is 2.67. The van der Waals surface area contributed by atoms with E-state index in [2.05, 4.69) is 0 Å². The summed E-state index contributed by atoms with van der Waals surface area (Å²) in [6, 6.07) is 3.51. The van der Waals surface area contributed by atoms with E-state index in [1.54, 1.807) is 33.1 Å². The van der Waals surface area contributed by atoms with Gasteiger partial charge in [0, 0.05) is 12.0 Å². The molecule has 0 aliphatic heterocycles. The van der Waals surface area contributed by atoms with Gasteiger partial charge in [-0.2, -0.15) is 13.2 Å². The maximum Gasteiger partial charge on any atom is 0.417 e. The third-order valence-corrected chi connectivity index (χ3v) is 4.52. The van der Waals surface area contributed by atoms with E-state index in [0.29, 0.717) is 11.3 Å². The zero-order valence-corrected chi connectivity index (χ0v) is 13.6. The molecule has 0 bridgehead atoms. The molecular formula is C17H23F3O2. The number of aliphatic hydroxyl groups is 1. The number of hydrogen-bond acceptors (Lipinski definition) is 2. The molecule has 1 aliphatic rings. The fourth-order valence-corrected chi connectivity index (χ4v) is 3.60. The molecule has 0 aromatic heterocycles. The van der Waals surface area contributed by atoms with E-state index in [-0.39, 0.29) is 12.3 Å². The molecule has 124 valence electrons. The topological polar surface area (TPSA) is 29.5 Å². The molecule has 2 nitrogen and oxygen atoms in total. The molecule has 0 fully saturated rings. The van der Waals surface area contributed by atoms with Crippen LogP contribution in [0.15, 0.2) is 12.1 Å². The predicted octanol–water partition coefficient (Wildman–Crippen LogP) is 4.34. The lowest BCUT2D eigenvalue weighted by molar-refractivity contribution is -0.268. The Morgan fingerprint density at radius 3 is 2.27 bits per heavy atom. The summed E-state index contributed by atoms with van der Waals surface area (Å²) in [5, 5.41) is 10.2. The van der Waals surface area contributed by atoms with Crippen molar-refractivity contribution >= 4 is 0 Å². The monoisotopic (exact) mass is 316 g/mol. The van der Waals surface area contributed by atoms with Crippen LogP contribution in [0.3, 0.4) is 0 Å². The van der Waals surface area contributed by atoms with Gasteiger partial charge in [0.05, 0.1) is 7.11 Å². The highest BCUT2D eigenvalue weighted by atomic mass is 19.4. The van der Waals surface area contributed by atoms with Gasteiger partial charge in [-0.1, -0.05) is 39.8 Å². The molecule has 22 heavy (non-hydrogen) atoms. The number of hydrogen-bond donors (Lipinski definition) is 1. The minimum atomic E-state index is -4.65. The molecule has 0 saturated heterocycles. The Hall–Kier alpha value is -1.23. The van der Waals surface area contributed by atoms with Gasteiger partial charge < -0.3 is 9.84 Å². The molecule has 2 rings (SSSR count). The van der Waals surface area contributed by atoms with Crippen molar-refractivity contribution in [1.29, 1.82) is 0 Å². The van der Waals surface area contributed by atoms with Crippen LogP contribution in [-0.2, 0) is 11.8 Å². The van der Waals surface area contributed by atoms with Crippen LogP contribution in [0.1, 0.15) is 56.7 Å². The van der Waals surface area contributed by atoms with E-state index in [1.807, 2.05) is 13.8 Å². The van der Waals surface area contributed by atoms with E-state index in [1.165, 1.54) is 0 Å². The second-order valence-electron chi connectivity index (χ2n) is 7.14. The molecule has 1 aliphatic carbocycles. The first-order chi connectivity index (χ1) is 9.93. The van der Waals surface area contributed by atoms with Crippen molar-refractivity contribution in [2.75, 3.05) is 7.11 Å². The number of halogens is 3. The van der Waals surface area contributed by atoms with Gasteiger partial charge in [0.1, 0.15) is 5.75 Å². The zero-order valence-electron chi connectivity index (χ0n) is 13.6. The summed E-state index contributed by atoms with van der Waals surface area (Å²) in [5.41, 5.74) is -1.23. The molecule has 1 aromatic carbocycles. The average molecular weight is 316 g/mol. The number of fused-ring (bicyclic) bond motifs is 1. The molecule has 5 heteroatoms. The van der Waals surface area contributed by atoms with Crippen LogP contribution in [0.25, 0.3) is 0 Å². The summed E-state index contributed by atoms with van der Waals surface area (Å²) in [4.78, 5) is 0. The Morgan fingerprint density at radius 2 is 1.82 bits per heavy atom. The van der Waals surface area contributed by atoms with Gasteiger partial charge in [-0.3, -0.25) is 0 Å². The fourth-order valence-electron chi connectivity index (χ4n) is 3.60. The van der Waals surface area contributed by atoms with Gasteiger partial charge in [-0.15, -0.1) is 0 Å². The van der Waals surface area contributed by atoms with Gasteiger partial charge >= 0.3 is 6.18 Å². The number of methoxy groups -OCH3 is 1. The molecule has 0 spiro atoms. The van der Waals surface area contributed by atoms with Crippen molar-refractivity contribution in [3.63, 3.8) is 0 Å². The van der Waals surface area contributed by atoms with Crippen LogP contribution >= 0.6 is 0 Å². The maximum absolute atomic E-state index is 13.3. The van der Waals surface area contributed by atoms with Gasteiger partial charge in [0.2, 0.25) is 0 Å². The molecular weight excluding hydrogens is 293 g/mol. The Bertz CT molecular complexity index is 576. The molecule has 1 atom stereocenters. The van der Waals surface area contributed by atoms with E-state index in [9.17, 15) is 18.3 Å². The lowest BCUT2D eigenvalue weighted by atomic mass is 9.65. The van der Waals surface area contributed by atoms with Crippen molar-refractivity contribution in [1.82, 2.24) is 0 Å². The minimum absolute atomic E-state index is 0.208. The maximum atomic E-state index is 13.3. The van der Waals surface area contributed by atoms with E-state index in [4.69, 9.17) is 4.74 Å². The number of alkyl halides is 3. The van der Waals surface area contributed by atoms with E-state index in [0.717, 1.165) is 11.1 Å². The van der Waals surface area contributed by atoms with Gasteiger partial charge in [-0.25, -0.2) is 0 Å². The van der Waals surface area contributed by atoms with Crippen molar-refractivity contribution < 1.29 is 23.0 Å². The summed E-state index contributed by atoms with van der Waals surface area (Å²) >= 11 is 0. The second-order valence-corrected chi connectivity index (χ2v) is 7.14. The van der Waals surface area contributed by atoms with Crippen LogP contribution in [0.5, 0.6) is 5.75 Å². The normalized spacial score (nSPS) is 24.3. The fraction of sp³-hybridized carbons (Fsp3) is 0.647. The smallest absolute Gasteiger partial charge is 0.417 e. The molecule has 0 heterocycles. The first kappa shape index (κ1) is 17.1. The first-order valence-electron chi connectivity index (χ1n) is 7.42. The van der Waals surface area contributed by atoms with Gasteiger partial charge in [-0.05, 0) is 28.9 Å². The molecule has 0 saturated carbocycles. The molecule has 1 aromatic rings. The summed E-state index contributed by atoms with van der Waals surface area (Å²) in [7, 11) is 1.54. The van der Waals surface area contributed by atoms with Crippen LogP contribution in [-0.4, -0.2) is 24.0 Å². The lowest BCUT2D eigenvalue weighted by Gasteiger charge is -2.44. The zero-order chi connectivity index (χ0) is 16.9. The minimum Gasteiger partial charge on any atom is -0.496 e. The summed E-state index contributed by atoms with van der Waals surface area (Å²) in [6.45, 7) is 7.50. The van der Waals surface area contributed by atoms with Crippen molar-refractivity contribution in [2.24, 2.45) is 0 Å². The molecule has 1 N–H and O–H groups in total. The Morgan fingerprint density at radius 1 is 1.23 bits per heavy atom. The van der Waals surface area contributed by atoms with Crippen molar-refractivity contribution in [2.45, 2.75) is 63.6 Å². The second kappa shape index (κ2) is 5.15. The molecule has 0 radical (unpaired) electrons. The third kappa shape index (κ3) is 2.60. The highest BCUT2D eigenvalue weighted by molar-refractivity contribution is 5.53. The number of benzene rings is 1. The summed E-state index contributed by atoms with van der Waals surface area (Å²) in [5.74, 6) is 0.862. The largest absolute Gasteiger partial charge is 0.496 e. The quantitative estimate of drug-likeness (QED) is 0.879. The summed E-state index contributed by atoms with van der Waals surface area (Å²) in [6.07, 6.45) is -5.44. The first-order valence-corrected chi connectivity index (χ1v) is 7.42. The predicted molar refractivity (Wildman–Crippen MR) is 79.4 cm³/mol. The third-order valence-electron chi connectivity index (χ3n) is 4.52. The summed E-state index contributed by atoms with van der Waals surface area (Å²) < 4.78 is 45.3. The van der Waals surface area contributed by atoms with Crippen molar-refractivity contribution in [3.05, 3.63) is 28.8 Å². The highest BCUT2D eigenvalue weighted by Gasteiger charge is 2.58. The van der Waals surface area contributed by atoms with Crippen LogP contribution in [0, 0.1) is 0 Å².